The van der Waals surface area contributed by atoms with Crippen molar-refractivity contribution in [3.05, 3.63) is 66.0 Å². The highest BCUT2D eigenvalue weighted by Crippen LogP contribution is 2.16. The van der Waals surface area contributed by atoms with Crippen LogP contribution in [0.3, 0.4) is 0 Å². The van der Waals surface area contributed by atoms with Gasteiger partial charge in [0.05, 0.1) is 12.1 Å². The summed E-state index contributed by atoms with van der Waals surface area (Å²) < 4.78 is 6.87. The SMILES string of the molecule is Cc1ccccc1CC(=O)Oc1ccc(-n2cnnn2)cc1. The van der Waals surface area contributed by atoms with E-state index in [0.717, 1.165) is 16.8 Å². The predicted octanol–water partition coefficient (Wildman–Crippen LogP) is 2.12. The number of rotatable bonds is 4. The van der Waals surface area contributed by atoms with Crippen molar-refractivity contribution < 1.29 is 9.53 Å². The number of carbonyl (C=O) groups is 1. The van der Waals surface area contributed by atoms with Gasteiger partial charge in [-0.05, 0) is 52.7 Å². The van der Waals surface area contributed by atoms with Crippen LogP contribution in [0.25, 0.3) is 5.69 Å². The third-order valence-corrected chi connectivity index (χ3v) is 3.28. The zero-order chi connectivity index (χ0) is 15.4. The molecule has 0 atom stereocenters. The molecular weight excluding hydrogens is 280 g/mol. The molecule has 0 aliphatic rings. The van der Waals surface area contributed by atoms with Gasteiger partial charge >= 0.3 is 5.97 Å². The summed E-state index contributed by atoms with van der Waals surface area (Å²) in [6, 6.07) is 14.8. The minimum atomic E-state index is -0.288. The normalized spacial score (nSPS) is 10.4. The minimum Gasteiger partial charge on any atom is -0.426 e. The van der Waals surface area contributed by atoms with Gasteiger partial charge in [0.1, 0.15) is 12.1 Å². The minimum absolute atomic E-state index is 0.251. The third kappa shape index (κ3) is 3.17. The molecule has 0 N–H and O–H groups in total. The van der Waals surface area contributed by atoms with Crippen LogP contribution < -0.4 is 4.74 Å². The standard InChI is InChI=1S/C16H14N4O2/c1-12-4-2-3-5-13(12)10-16(21)22-15-8-6-14(7-9-15)20-11-17-18-19-20/h2-9,11H,10H2,1H3. The van der Waals surface area contributed by atoms with Crippen molar-refractivity contribution >= 4 is 5.97 Å². The van der Waals surface area contributed by atoms with Gasteiger partial charge in [0.15, 0.2) is 0 Å². The van der Waals surface area contributed by atoms with E-state index >= 15 is 0 Å². The van der Waals surface area contributed by atoms with E-state index in [4.69, 9.17) is 4.74 Å². The molecule has 1 aromatic heterocycles. The molecule has 0 aliphatic carbocycles. The van der Waals surface area contributed by atoms with E-state index < -0.39 is 0 Å². The lowest BCUT2D eigenvalue weighted by Crippen LogP contribution is -2.12. The van der Waals surface area contributed by atoms with Gasteiger partial charge in [0, 0.05) is 0 Å². The van der Waals surface area contributed by atoms with E-state index in [-0.39, 0.29) is 12.4 Å². The van der Waals surface area contributed by atoms with E-state index in [9.17, 15) is 4.79 Å². The zero-order valence-corrected chi connectivity index (χ0v) is 12.0. The topological polar surface area (TPSA) is 69.9 Å². The highest BCUT2D eigenvalue weighted by atomic mass is 16.5. The quantitative estimate of drug-likeness (QED) is 0.544. The number of aryl methyl sites for hydroxylation is 1. The van der Waals surface area contributed by atoms with Crippen LogP contribution in [0.2, 0.25) is 0 Å². The molecule has 0 spiro atoms. The number of carbonyl (C=O) groups excluding carboxylic acids is 1. The first kappa shape index (κ1) is 13.9. The Hall–Kier alpha value is -3.02. The Balaban J connectivity index is 1.66. The Kier molecular flexibility index (Phi) is 3.91. The maximum atomic E-state index is 12.0. The van der Waals surface area contributed by atoms with E-state index in [1.807, 2.05) is 31.2 Å². The Morgan fingerprint density at radius 2 is 1.91 bits per heavy atom. The molecule has 110 valence electrons. The molecule has 3 rings (SSSR count). The first-order valence-electron chi connectivity index (χ1n) is 6.81. The maximum Gasteiger partial charge on any atom is 0.315 e. The fourth-order valence-electron chi connectivity index (χ4n) is 2.08. The Morgan fingerprint density at radius 3 is 2.59 bits per heavy atom. The molecule has 22 heavy (non-hydrogen) atoms. The molecule has 0 amide bonds. The van der Waals surface area contributed by atoms with Gasteiger partial charge in [-0.1, -0.05) is 24.3 Å². The van der Waals surface area contributed by atoms with Gasteiger partial charge in [-0.15, -0.1) is 5.10 Å². The van der Waals surface area contributed by atoms with E-state index in [1.54, 1.807) is 24.3 Å². The van der Waals surface area contributed by atoms with Crippen LogP contribution in [0, 0.1) is 6.92 Å². The molecule has 0 aliphatic heterocycles. The molecule has 0 unspecified atom stereocenters. The lowest BCUT2D eigenvalue weighted by atomic mass is 10.1. The second-order valence-electron chi connectivity index (χ2n) is 4.83. The van der Waals surface area contributed by atoms with Crippen LogP contribution in [-0.4, -0.2) is 26.2 Å². The average molecular weight is 294 g/mol. The van der Waals surface area contributed by atoms with Crippen molar-refractivity contribution in [3.63, 3.8) is 0 Å². The predicted molar refractivity (Wildman–Crippen MR) is 79.7 cm³/mol. The van der Waals surface area contributed by atoms with Crippen LogP contribution in [0.4, 0.5) is 0 Å². The Bertz CT molecular complexity index is 767. The van der Waals surface area contributed by atoms with E-state index in [0.29, 0.717) is 5.75 Å². The van der Waals surface area contributed by atoms with Crippen molar-refractivity contribution in [2.75, 3.05) is 0 Å². The van der Waals surface area contributed by atoms with Gasteiger partial charge in [-0.25, -0.2) is 4.68 Å². The summed E-state index contributed by atoms with van der Waals surface area (Å²) >= 11 is 0. The highest BCUT2D eigenvalue weighted by Gasteiger charge is 2.08. The number of benzene rings is 2. The largest absolute Gasteiger partial charge is 0.426 e. The fourth-order valence-corrected chi connectivity index (χ4v) is 2.08. The Labute approximate surface area is 127 Å². The van der Waals surface area contributed by atoms with Gasteiger partial charge in [-0.2, -0.15) is 0 Å². The Morgan fingerprint density at radius 1 is 1.14 bits per heavy atom. The first-order valence-corrected chi connectivity index (χ1v) is 6.81. The number of ether oxygens (including phenoxy) is 1. The monoisotopic (exact) mass is 294 g/mol. The van der Waals surface area contributed by atoms with Crippen LogP contribution in [0.1, 0.15) is 11.1 Å². The molecule has 0 fully saturated rings. The van der Waals surface area contributed by atoms with Crippen molar-refractivity contribution in [1.29, 1.82) is 0 Å². The maximum absolute atomic E-state index is 12.0. The summed E-state index contributed by atoms with van der Waals surface area (Å²) in [5.74, 6) is 0.208. The number of hydrogen-bond donors (Lipinski definition) is 0. The lowest BCUT2D eigenvalue weighted by Gasteiger charge is -2.07. The summed E-state index contributed by atoms with van der Waals surface area (Å²) in [6.07, 6.45) is 1.75. The molecule has 3 aromatic rings. The fraction of sp³-hybridized carbons (Fsp3) is 0.125. The third-order valence-electron chi connectivity index (χ3n) is 3.28. The first-order chi connectivity index (χ1) is 10.7. The number of esters is 1. The molecule has 6 nitrogen and oxygen atoms in total. The highest BCUT2D eigenvalue weighted by molar-refractivity contribution is 5.75. The number of hydrogen-bond acceptors (Lipinski definition) is 5. The van der Waals surface area contributed by atoms with Gasteiger partial charge in [0.25, 0.3) is 0 Å². The van der Waals surface area contributed by atoms with Crippen molar-refractivity contribution in [1.82, 2.24) is 20.2 Å². The summed E-state index contributed by atoms with van der Waals surface area (Å²) in [4.78, 5) is 12.0. The molecule has 0 saturated heterocycles. The second-order valence-corrected chi connectivity index (χ2v) is 4.83. The molecule has 1 heterocycles. The van der Waals surface area contributed by atoms with Gasteiger partial charge in [-0.3, -0.25) is 4.79 Å². The molecule has 0 bridgehead atoms. The van der Waals surface area contributed by atoms with Gasteiger partial charge < -0.3 is 4.74 Å². The summed E-state index contributed by atoms with van der Waals surface area (Å²) in [5.41, 5.74) is 2.84. The van der Waals surface area contributed by atoms with Crippen LogP contribution in [0.15, 0.2) is 54.9 Å². The molecule has 0 radical (unpaired) electrons. The number of tetrazole rings is 1. The van der Waals surface area contributed by atoms with Crippen molar-refractivity contribution in [3.8, 4) is 11.4 Å². The smallest absolute Gasteiger partial charge is 0.315 e. The van der Waals surface area contributed by atoms with Crippen LogP contribution in [0.5, 0.6) is 5.75 Å². The average Bonchev–Trinajstić information content (AvgIpc) is 3.05. The number of aromatic nitrogens is 4. The summed E-state index contributed by atoms with van der Waals surface area (Å²) in [5, 5.41) is 10.9. The molecular formula is C16H14N4O2. The van der Waals surface area contributed by atoms with Crippen molar-refractivity contribution in [2.24, 2.45) is 0 Å². The van der Waals surface area contributed by atoms with Crippen LogP contribution in [-0.2, 0) is 11.2 Å². The summed E-state index contributed by atoms with van der Waals surface area (Å²) in [7, 11) is 0. The van der Waals surface area contributed by atoms with E-state index in [1.165, 1.54) is 11.0 Å². The molecule has 2 aromatic carbocycles. The van der Waals surface area contributed by atoms with Crippen molar-refractivity contribution in [2.45, 2.75) is 13.3 Å². The molecule has 0 saturated carbocycles. The molecule has 6 heteroatoms. The lowest BCUT2D eigenvalue weighted by molar-refractivity contribution is -0.133. The zero-order valence-electron chi connectivity index (χ0n) is 12.0. The van der Waals surface area contributed by atoms with Crippen LogP contribution >= 0.6 is 0 Å². The summed E-state index contributed by atoms with van der Waals surface area (Å²) in [6.45, 7) is 1.98. The van der Waals surface area contributed by atoms with Gasteiger partial charge in [0.2, 0.25) is 0 Å². The van der Waals surface area contributed by atoms with E-state index in [2.05, 4.69) is 15.5 Å². The second kappa shape index (κ2) is 6.17. The number of nitrogens with zero attached hydrogens (tertiary/aromatic N) is 4.